The second-order valence-electron chi connectivity index (χ2n) is 4.53. The zero-order valence-corrected chi connectivity index (χ0v) is 10.3. The summed E-state index contributed by atoms with van der Waals surface area (Å²) < 4.78 is 14.5. The van der Waals surface area contributed by atoms with E-state index >= 15 is 0 Å². The van der Waals surface area contributed by atoms with Gasteiger partial charge in [0.15, 0.2) is 6.29 Å². The van der Waals surface area contributed by atoms with Crippen molar-refractivity contribution in [2.45, 2.75) is 20.4 Å². The van der Waals surface area contributed by atoms with E-state index in [1.54, 1.807) is 10.9 Å². The van der Waals surface area contributed by atoms with E-state index in [4.69, 9.17) is 0 Å². The highest BCUT2D eigenvalue weighted by molar-refractivity contribution is 5.84. The fourth-order valence-electron chi connectivity index (χ4n) is 1.71. The summed E-state index contributed by atoms with van der Waals surface area (Å²) in [6, 6.07) is 2.82. The minimum Gasteiger partial charge on any atom is -0.298 e. The monoisotopic (exact) mass is 247 g/mol. The smallest absolute Gasteiger partial charge is 0.153 e. The molecule has 0 aliphatic carbocycles. The molecule has 0 aromatic carbocycles. The molecule has 5 heteroatoms. The lowest BCUT2D eigenvalue weighted by atomic mass is 10.2. The number of halogens is 1. The van der Waals surface area contributed by atoms with E-state index in [9.17, 15) is 9.18 Å². The summed E-state index contributed by atoms with van der Waals surface area (Å²) in [6.45, 7) is 4.86. The van der Waals surface area contributed by atoms with E-state index < -0.39 is 5.82 Å². The molecule has 0 amide bonds. The van der Waals surface area contributed by atoms with Crippen LogP contribution in [-0.4, -0.2) is 21.1 Å². The highest BCUT2D eigenvalue weighted by Crippen LogP contribution is 2.19. The minimum absolute atomic E-state index is 0.409. The van der Waals surface area contributed by atoms with E-state index in [2.05, 4.69) is 23.9 Å². The van der Waals surface area contributed by atoms with Gasteiger partial charge in [-0.1, -0.05) is 13.8 Å². The van der Waals surface area contributed by atoms with Crippen LogP contribution in [0.2, 0.25) is 0 Å². The van der Waals surface area contributed by atoms with Crippen LogP contribution in [0.25, 0.3) is 11.4 Å². The van der Waals surface area contributed by atoms with Gasteiger partial charge in [-0.2, -0.15) is 5.10 Å². The maximum Gasteiger partial charge on any atom is 0.153 e. The van der Waals surface area contributed by atoms with Gasteiger partial charge < -0.3 is 0 Å². The van der Waals surface area contributed by atoms with Crippen molar-refractivity contribution in [3.05, 3.63) is 35.9 Å². The normalized spacial score (nSPS) is 10.9. The SMILES string of the molecule is CC(C)Cn1cc(C=O)c(-c2ccc(F)cn2)n1. The number of nitrogens with zero attached hydrogens (tertiary/aromatic N) is 3. The first-order valence-electron chi connectivity index (χ1n) is 5.74. The highest BCUT2D eigenvalue weighted by Gasteiger charge is 2.12. The lowest BCUT2D eigenvalue weighted by Gasteiger charge is -2.03. The largest absolute Gasteiger partial charge is 0.298 e. The molecule has 0 atom stereocenters. The second-order valence-corrected chi connectivity index (χ2v) is 4.53. The number of pyridine rings is 1. The van der Waals surface area contributed by atoms with Gasteiger partial charge in [0, 0.05) is 12.7 Å². The van der Waals surface area contributed by atoms with Crippen molar-refractivity contribution in [3.8, 4) is 11.4 Å². The van der Waals surface area contributed by atoms with Crippen molar-refractivity contribution in [2.75, 3.05) is 0 Å². The molecule has 0 saturated heterocycles. The van der Waals surface area contributed by atoms with Gasteiger partial charge in [-0.15, -0.1) is 0 Å². The Labute approximate surface area is 104 Å². The molecule has 0 aliphatic rings. The Bertz CT molecular complexity index is 546. The van der Waals surface area contributed by atoms with E-state index in [-0.39, 0.29) is 0 Å². The van der Waals surface area contributed by atoms with Gasteiger partial charge in [-0.25, -0.2) is 4.39 Å². The van der Waals surface area contributed by atoms with Gasteiger partial charge in [0.2, 0.25) is 0 Å². The first kappa shape index (κ1) is 12.4. The zero-order chi connectivity index (χ0) is 13.1. The Morgan fingerprint density at radius 1 is 1.44 bits per heavy atom. The standard InChI is InChI=1S/C13H14FN3O/c1-9(2)6-17-7-10(8-18)13(16-17)12-4-3-11(14)5-15-12/h3-5,7-9H,6H2,1-2H3. The van der Waals surface area contributed by atoms with Gasteiger partial charge >= 0.3 is 0 Å². The Morgan fingerprint density at radius 3 is 2.78 bits per heavy atom. The predicted molar refractivity (Wildman–Crippen MR) is 65.6 cm³/mol. The van der Waals surface area contributed by atoms with E-state index in [1.165, 1.54) is 12.1 Å². The number of hydrogen-bond acceptors (Lipinski definition) is 3. The molecule has 0 spiro atoms. The molecule has 94 valence electrons. The van der Waals surface area contributed by atoms with Crippen LogP contribution in [0.15, 0.2) is 24.5 Å². The highest BCUT2D eigenvalue weighted by atomic mass is 19.1. The van der Waals surface area contributed by atoms with Crippen molar-refractivity contribution in [1.82, 2.24) is 14.8 Å². The number of rotatable bonds is 4. The summed E-state index contributed by atoms with van der Waals surface area (Å²) in [7, 11) is 0. The lowest BCUT2D eigenvalue weighted by Crippen LogP contribution is -2.04. The molecule has 0 bridgehead atoms. The molecule has 4 nitrogen and oxygen atoms in total. The first-order chi connectivity index (χ1) is 8.60. The zero-order valence-electron chi connectivity index (χ0n) is 10.3. The van der Waals surface area contributed by atoms with E-state index in [0.717, 1.165) is 19.0 Å². The maximum absolute atomic E-state index is 12.8. The summed E-state index contributed by atoms with van der Waals surface area (Å²) in [6.07, 6.45) is 3.54. The molecule has 18 heavy (non-hydrogen) atoms. The van der Waals surface area contributed by atoms with Crippen LogP contribution in [-0.2, 0) is 6.54 Å². The Morgan fingerprint density at radius 2 is 2.22 bits per heavy atom. The minimum atomic E-state index is -0.409. The van der Waals surface area contributed by atoms with Crippen LogP contribution < -0.4 is 0 Å². The Hall–Kier alpha value is -2.04. The van der Waals surface area contributed by atoms with Crippen LogP contribution >= 0.6 is 0 Å². The fraction of sp³-hybridized carbons (Fsp3) is 0.308. The average Bonchev–Trinajstić information content (AvgIpc) is 2.72. The predicted octanol–water partition coefficient (Wildman–Crippen LogP) is 2.55. The third-order valence-corrected chi connectivity index (χ3v) is 2.44. The summed E-state index contributed by atoms with van der Waals surface area (Å²) in [5.74, 6) is 0.0199. The Kier molecular flexibility index (Phi) is 3.50. The molecule has 0 fully saturated rings. The van der Waals surface area contributed by atoms with Gasteiger partial charge in [0.1, 0.15) is 11.5 Å². The van der Waals surface area contributed by atoms with Crippen molar-refractivity contribution in [3.63, 3.8) is 0 Å². The molecule has 2 rings (SSSR count). The maximum atomic E-state index is 12.8. The van der Waals surface area contributed by atoms with Crippen LogP contribution in [0.3, 0.4) is 0 Å². The number of carbonyl (C=O) groups excluding carboxylic acids is 1. The summed E-state index contributed by atoms with van der Waals surface area (Å²) in [5.41, 5.74) is 1.46. The molecule has 0 N–H and O–H groups in total. The lowest BCUT2D eigenvalue weighted by molar-refractivity contribution is 0.112. The van der Waals surface area contributed by atoms with Crippen molar-refractivity contribution >= 4 is 6.29 Å². The quantitative estimate of drug-likeness (QED) is 0.780. The van der Waals surface area contributed by atoms with Crippen LogP contribution in [0.4, 0.5) is 4.39 Å². The van der Waals surface area contributed by atoms with Gasteiger partial charge in [-0.05, 0) is 18.1 Å². The fourth-order valence-corrected chi connectivity index (χ4v) is 1.71. The molecule has 0 unspecified atom stereocenters. The summed E-state index contributed by atoms with van der Waals surface area (Å²) in [5, 5.41) is 4.32. The number of aldehydes is 1. The average molecular weight is 247 g/mol. The number of aromatic nitrogens is 3. The van der Waals surface area contributed by atoms with Crippen LogP contribution in [0.5, 0.6) is 0 Å². The topological polar surface area (TPSA) is 47.8 Å². The molecule has 2 heterocycles. The summed E-state index contributed by atoms with van der Waals surface area (Å²) in [4.78, 5) is 15.0. The molecular weight excluding hydrogens is 233 g/mol. The molecule has 0 saturated carbocycles. The summed E-state index contributed by atoms with van der Waals surface area (Å²) >= 11 is 0. The molecule has 0 aliphatic heterocycles. The number of hydrogen-bond donors (Lipinski definition) is 0. The molecule has 2 aromatic heterocycles. The van der Waals surface area contributed by atoms with Gasteiger partial charge in [0.05, 0.1) is 17.5 Å². The van der Waals surface area contributed by atoms with Crippen LogP contribution in [0.1, 0.15) is 24.2 Å². The third-order valence-electron chi connectivity index (χ3n) is 2.44. The van der Waals surface area contributed by atoms with E-state index in [0.29, 0.717) is 22.9 Å². The van der Waals surface area contributed by atoms with E-state index in [1.807, 2.05) is 0 Å². The second kappa shape index (κ2) is 5.08. The van der Waals surface area contributed by atoms with Gasteiger partial charge in [-0.3, -0.25) is 14.5 Å². The van der Waals surface area contributed by atoms with Crippen molar-refractivity contribution in [2.24, 2.45) is 5.92 Å². The third kappa shape index (κ3) is 2.61. The van der Waals surface area contributed by atoms with Crippen molar-refractivity contribution in [1.29, 1.82) is 0 Å². The first-order valence-corrected chi connectivity index (χ1v) is 5.74. The number of carbonyl (C=O) groups is 1. The van der Waals surface area contributed by atoms with Gasteiger partial charge in [0.25, 0.3) is 0 Å². The molecular formula is C13H14FN3O. The molecule has 0 radical (unpaired) electrons. The van der Waals surface area contributed by atoms with Crippen LogP contribution in [0, 0.1) is 11.7 Å². The Balaban J connectivity index is 2.39. The molecule has 2 aromatic rings. The van der Waals surface area contributed by atoms with Crippen molar-refractivity contribution < 1.29 is 9.18 Å².